The summed E-state index contributed by atoms with van der Waals surface area (Å²) in [5.41, 5.74) is 1.43. The van der Waals surface area contributed by atoms with Crippen LogP contribution in [0.15, 0.2) is 30.3 Å². The van der Waals surface area contributed by atoms with E-state index in [1.54, 1.807) is 0 Å². The van der Waals surface area contributed by atoms with Crippen LogP contribution in [-0.2, 0) is 11.3 Å². The maximum atomic E-state index is 5.91. The minimum Gasteiger partial charge on any atom is -0.375 e. The lowest BCUT2D eigenvalue weighted by molar-refractivity contribution is -0.0911. The van der Waals surface area contributed by atoms with E-state index in [9.17, 15) is 0 Å². The third-order valence-electron chi connectivity index (χ3n) is 4.08. The van der Waals surface area contributed by atoms with Crippen molar-refractivity contribution in [2.75, 3.05) is 13.2 Å². The van der Waals surface area contributed by atoms with Crippen LogP contribution < -0.4 is 0 Å². The minimum absolute atomic E-state index is 0.501. The Labute approximate surface area is 104 Å². The van der Waals surface area contributed by atoms with Crippen molar-refractivity contribution in [3.63, 3.8) is 0 Å². The predicted octanol–water partition coefficient (Wildman–Crippen LogP) is 2.83. The molecule has 0 radical (unpaired) electrons. The molecule has 0 amide bonds. The number of hydrogen-bond acceptors (Lipinski definition) is 2. The molecule has 2 fully saturated rings. The fraction of sp³-hybridized carbons (Fsp3) is 0.600. The predicted molar refractivity (Wildman–Crippen MR) is 68.8 cm³/mol. The summed E-state index contributed by atoms with van der Waals surface area (Å²) in [6.07, 6.45) is 5.80. The lowest BCUT2D eigenvalue weighted by Crippen LogP contribution is -2.52. The van der Waals surface area contributed by atoms with Crippen molar-refractivity contribution >= 4 is 0 Å². The van der Waals surface area contributed by atoms with E-state index in [-0.39, 0.29) is 0 Å². The molecular weight excluding hydrogens is 210 g/mol. The molecule has 2 heteroatoms. The summed E-state index contributed by atoms with van der Waals surface area (Å²) in [5, 5.41) is 0. The Kier molecular flexibility index (Phi) is 3.44. The summed E-state index contributed by atoms with van der Waals surface area (Å²) in [5.74, 6) is 0. The minimum atomic E-state index is 0.501. The number of hydrogen-bond donors (Lipinski definition) is 0. The smallest absolute Gasteiger partial charge is 0.0731 e. The SMILES string of the molecule is c1ccc(CN2CCOC3CCCCC32)cc1. The summed E-state index contributed by atoms with van der Waals surface area (Å²) in [6, 6.07) is 11.5. The molecule has 1 aliphatic carbocycles. The number of nitrogens with zero attached hydrogens (tertiary/aromatic N) is 1. The molecule has 1 saturated carbocycles. The number of fused-ring (bicyclic) bond motifs is 1. The molecule has 2 unspecified atom stereocenters. The van der Waals surface area contributed by atoms with Gasteiger partial charge in [0.1, 0.15) is 0 Å². The molecule has 1 aromatic carbocycles. The van der Waals surface area contributed by atoms with E-state index < -0.39 is 0 Å². The van der Waals surface area contributed by atoms with Crippen molar-refractivity contribution in [2.24, 2.45) is 0 Å². The highest BCUT2D eigenvalue weighted by atomic mass is 16.5. The first-order chi connectivity index (χ1) is 8.43. The quantitative estimate of drug-likeness (QED) is 0.776. The van der Waals surface area contributed by atoms with Gasteiger partial charge in [0, 0.05) is 19.1 Å². The Morgan fingerprint density at radius 2 is 1.94 bits per heavy atom. The van der Waals surface area contributed by atoms with Gasteiger partial charge in [-0.3, -0.25) is 4.90 Å². The molecule has 92 valence electrons. The molecule has 1 heterocycles. The van der Waals surface area contributed by atoms with Gasteiger partial charge in [-0.2, -0.15) is 0 Å². The molecule has 0 N–H and O–H groups in total. The Morgan fingerprint density at radius 1 is 1.12 bits per heavy atom. The lowest BCUT2D eigenvalue weighted by atomic mass is 9.90. The third kappa shape index (κ3) is 2.53. The highest BCUT2D eigenvalue weighted by Gasteiger charge is 2.33. The van der Waals surface area contributed by atoms with Crippen LogP contribution in [0, 0.1) is 0 Å². The topological polar surface area (TPSA) is 12.5 Å². The fourth-order valence-electron chi connectivity index (χ4n) is 3.19. The zero-order valence-electron chi connectivity index (χ0n) is 10.3. The van der Waals surface area contributed by atoms with Crippen molar-refractivity contribution in [3.8, 4) is 0 Å². The average Bonchev–Trinajstić information content (AvgIpc) is 2.40. The maximum absolute atomic E-state index is 5.91. The zero-order chi connectivity index (χ0) is 11.5. The number of ether oxygens (including phenoxy) is 1. The molecule has 3 rings (SSSR count). The summed E-state index contributed by atoms with van der Waals surface area (Å²) in [4.78, 5) is 2.63. The standard InChI is InChI=1S/C15H21NO/c1-2-6-13(7-3-1)12-16-10-11-17-15-9-5-4-8-14(15)16/h1-3,6-7,14-15H,4-5,8-12H2. The molecule has 2 aliphatic rings. The summed E-state index contributed by atoms with van der Waals surface area (Å²) in [7, 11) is 0. The second kappa shape index (κ2) is 5.19. The van der Waals surface area contributed by atoms with Crippen molar-refractivity contribution in [2.45, 2.75) is 44.4 Å². The second-order valence-corrected chi connectivity index (χ2v) is 5.22. The number of benzene rings is 1. The fourth-order valence-corrected chi connectivity index (χ4v) is 3.19. The first kappa shape index (κ1) is 11.2. The summed E-state index contributed by atoms with van der Waals surface area (Å²) in [6.45, 7) is 3.09. The van der Waals surface area contributed by atoms with Gasteiger partial charge in [-0.15, -0.1) is 0 Å². The van der Waals surface area contributed by atoms with Crippen LogP contribution in [-0.4, -0.2) is 30.2 Å². The van der Waals surface area contributed by atoms with E-state index in [1.807, 2.05) is 0 Å². The molecule has 1 aliphatic heterocycles. The normalized spacial score (nSPS) is 29.9. The Morgan fingerprint density at radius 3 is 2.82 bits per heavy atom. The molecule has 17 heavy (non-hydrogen) atoms. The first-order valence-corrected chi connectivity index (χ1v) is 6.83. The van der Waals surface area contributed by atoms with Gasteiger partial charge in [-0.1, -0.05) is 43.2 Å². The van der Waals surface area contributed by atoms with Crippen LogP contribution in [0.4, 0.5) is 0 Å². The van der Waals surface area contributed by atoms with Crippen molar-refractivity contribution in [3.05, 3.63) is 35.9 Å². The highest BCUT2D eigenvalue weighted by Crippen LogP contribution is 2.29. The number of rotatable bonds is 2. The lowest BCUT2D eigenvalue weighted by Gasteiger charge is -2.43. The van der Waals surface area contributed by atoms with Gasteiger partial charge in [0.2, 0.25) is 0 Å². The van der Waals surface area contributed by atoms with E-state index in [4.69, 9.17) is 4.74 Å². The highest BCUT2D eigenvalue weighted by molar-refractivity contribution is 5.14. The van der Waals surface area contributed by atoms with Crippen molar-refractivity contribution in [1.29, 1.82) is 0 Å². The summed E-state index contributed by atoms with van der Waals surface area (Å²) >= 11 is 0. The van der Waals surface area contributed by atoms with Gasteiger partial charge < -0.3 is 4.74 Å². The van der Waals surface area contributed by atoms with E-state index in [2.05, 4.69) is 35.2 Å². The Balaban J connectivity index is 1.69. The van der Waals surface area contributed by atoms with Gasteiger partial charge in [-0.05, 0) is 18.4 Å². The molecule has 0 aromatic heterocycles. The monoisotopic (exact) mass is 231 g/mol. The van der Waals surface area contributed by atoms with Crippen LogP contribution in [0.5, 0.6) is 0 Å². The average molecular weight is 231 g/mol. The van der Waals surface area contributed by atoms with Gasteiger partial charge in [-0.25, -0.2) is 0 Å². The first-order valence-electron chi connectivity index (χ1n) is 6.83. The zero-order valence-corrected chi connectivity index (χ0v) is 10.3. The third-order valence-corrected chi connectivity index (χ3v) is 4.08. The molecule has 1 saturated heterocycles. The van der Waals surface area contributed by atoms with Crippen LogP contribution >= 0.6 is 0 Å². The molecule has 2 nitrogen and oxygen atoms in total. The van der Waals surface area contributed by atoms with Crippen molar-refractivity contribution < 1.29 is 4.74 Å². The van der Waals surface area contributed by atoms with E-state index in [0.29, 0.717) is 12.1 Å². The second-order valence-electron chi connectivity index (χ2n) is 5.22. The van der Waals surface area contributed by atoms with Crippen LogP contribution in [0.2, 0.25) is 0 Å². The van der Waals surface area contributed by atoms with E-state index in [1.165, 1.54) is 31.2 Å². The van der Waals surface area contributed by atoms with Gasteiger partial charge in [0.15, 0.2) is 0 Å². The van der Waals surface area contributed by atoms with Gasteiger partial charge in [0.05, 0.1) is 12.7 Å². The Hall–Kier alpha value is -0.860. The van der Waals surface area contributed by atoms with E-state index in [0.717, 1.165) is 19.7 Å². The summed E-state index contributed by atoms with van der Waals surface area (Å²) < 4.78 is 5.91. The van der Waals surface area contributed by atoms with Crippen LogP contribution in [0.3, 0.4) is 0 Å². The molecule has 0 spiro atoms. The largest absolute Gasteiger partial charge is 0.375 e. The Bertz CT molecular complexity index is 349. The van der Waals surface area contributed by atoms with Crippen LogP contribution in [0.25, 0.3) is 0 Å². The molecule has 0 bridgehead atoms. The number of morpholine rings is 1. The van der Waals surface area contributed by atoms with Crippen LogP contribution in [0.1, 0.15) is 31.2 Å². The van der Waals surface area contributed by atoms with Gasteiger partial charge >= 0.3 is 0 Å². The van der Waals surface area contributed by atoms with E-state index >= 15 is 0 Å². The van der Waals surface area contributed by atoms with Gasteiger partial charge in [0.25, 0.3) is 0 Å². The molecular formula is C15H21NO. The molecule has 2 atom stereocenters. The van der Waals surface area contributed by atoms with Crippen molar-refractivity contribution in [1.82, 2.24) is 4.90 Å². The molecule has 1 aromatic rings. The maximum Gasteiger partial charge on any atom is 0.0731 e.